The maximum atomic E-state index is 9.62. The summed E-state index contributed by atoms with van der Waals surface area (Å²) >= 11 is 0. The second kappa shape index (κ2) is 7.29. The highest BCUT2D eigenvalue weighted by Gasteiger charge is 2.28. The number of nitrogens with zero attached hydrogens (tertiary/aromatic N) is 7. The highest BCUT2D eigenvalue weighted by atomic mass is 16.5. The van der Waals surface area contributed by atoms with Gasteiger partial charge < -0.3 is 14.4 Å². The van der Waals surface area contributed by atoms with E-state index in [1.54, 1.807) is 17.7 Å². The Morgan fingerprint density at radius 1 is 1.24 bits per heavy atom. The van der Waals surface area contributed by atoms with Crippen LogP contribution in [0, 0.1) is 11.3 Å². The quantitative estimate of drug-likeness (QED) is 0.667. The van der Waals surface area contributed by atoms with Crippen LogP contribution in [0.15, 0.2) is 18.2 Å². The summed E-state index contributed by atoms with van der Waals surface area (Å²) in [5.74, 6) is 2.43. The number of piperidine rings is 1. The Morgan fingerprint density at radius 3 is 2.90 bits per heavy atom. The summed E-state index contributed by atoms with van der Waals surface area (Å²) in [6.45, 7) is 2.83. The average molecular weight is 391 g/mol. The van der Waals surface area contributed by atoms with Gasteiger partial charge in [0.25, 0.3) is 0 Å². The van der Waals surface area contributed by atoms with Crippen molar-refractivity contribution >= 4 is 11.5 Å². The second-order valence-electron chi connectivity index (χ2n) is 7.34. The molecule has 0 aromatic carbocycles. The predicted octanol–water partition coefficient (Wildman–Crippen LogP) is 1.86. The molecule has 0 atom stereocenters. The summed E-state index contributed by atoms with van der Waals surface area (Å²) in [5, 5.41) is 22.7. The summed E-state index contributed by atoms with van der Waals surface area (Å²) in [4.78, 5) is 7.04. The van der Waals surface area contributed by atoms with Crippen molar-refractivity contribution < 1.29 is 9.47 Å². The lowest BCUT2D eigenvalue weighted by Crippen LogP contribution is -2.35. The van der Waals surface area contributed by atoms with E-state index in [4.69, 9.17) is 14.5 Å². The van der Waals surface area contributed by atoms with E-state index in [1.807, 2.05) is 12.1 Å². The predicted molar refractivity (Wildman–Crippen MR) is 104 cm³/mol. The van der Waals surface area contributed by atoms with Gasteiger partial charge in [-0.3, -0.25) is 0 Å². The molecule has 3 aromatic heterocycles. The van der Waals surface area contributed by atoms with E-state index >= 15 is 0 Å². The Kier molecular flexibility index (Phi) is 4.48. The second-order valence-corrected chi connectivity index (χ2v) is 7.34. The van der Waals surface area contributed by atoms with Crippen molar-refractivity contribution in [1.82, 2.24) is 24.8 Å². The third kappa shape index (κ3) is 3.15. The SMILES string of the molecule is COc1ccc2nnc(C3CCN(c4nc5c(cc4C#N)COCC5)CC3)n2n1. The minimum atomic E-state index is 0.248. The molecule has 0 unspecified atom stereocenters. The first-order valence-electron chi connectivity index (χ1n) is 9.78. The molecule has 1 fully saturated rings. The molecule has 0 saturated carbocycles. The van der Waals surface area contributed by atoms with Crippen LogP contribution >= 0.6 is 0 Å². The van der Waals surface area contributed by atoms with E-state index in [9.17, 15) is 5.26 Å². The van der Waals surface area contributed by atoms with Crippen LogP contribution in [0.2, 0.25) is 0 Å². The number of hydrogen-bond acceptors (Lipinski definition) is 8. The van der Waals surface area contributed by atoms with Crippen molar-refractivity contribution in [1.29, 1.82) is 5.26 Å². The fourth-order valence-corrected chi connectivity index (χ4v) is 4.10. The van der Waals surface area contributed by atoms with Crippen LogP contribution in [0.3, 0.4) is 0 Å². The Bertz CT molecular complexity index is 1100. The zero-order chi connectivity index (χ0) is 19.8. The van der Waals surface area contributed by atoms with Crippen LogP contribution in [-0.2, 0) is 17.8 Å². The molecule has 0 amide bonds. The Labute approximate surface area is 167 Å². The van der Waals surface area contributed by atoms with Gasteiger partial charge in [0.05, 0.1) is 31.6 Å². The molecule has 0 spiro atoms. The van der Waals surface area contributed by atoms with Crippen LogP contribution in [0.4, 0.5) is 5.82 Å². The monoisotopic (exact) mass is 391 g/mol. The fourth-order valence-electron chi connectivity index (χ4n) is 4.10. The minimum absolute atomic E-state index is 0.248. The van der Waals surface area contributed by atoms with Crippen LogP contribution in [0.5, 0.6) is 5.88 Å². The van der Waals surface area contributed by atoms with Gasteiger partial charge in [-0.1, -0.05) is 0 Å². The summed E-state index contributed by atoms with van der Waals surface area (Å²) in [7, 11) is 1.60. The molecule has 2 aliphatic rings. The van der Waals surface area contributed by atoms with Gasteiger partial charge in [0.2, 0.25) is 5.88 Å². The smallest absolute Gasteiger partial charge is 0.231 e. The van der Waals surface area contributed by atoms with Crippen molar-refractivity contribution in [3.8, 4) is 11.9 Å². The molecular weight excluding hydrogens is 370 g/mol. The summed E-state index contributed by atoms with van der Waals surface area (Å²) < 4.78 is 12.5. The van der Waals surface area contributed by atoms with E-state index in [1.165, 1.54) is 0 Å². The first-order chi connectivity index (χ1) is 14.3. The van der Waals surface area contributed by atoms with Crippen molar-refractivity contribution in [2.45, 2.75) is 31.8 Å². The van der Waals surface area contributed by atoms with E-state index in [2.05, 4.69) is 26.3 Å². The number of aromatic nitrogens is 5. The normalized spacial score (nSPS) is 17.2. The molecule has 5 rings (SSSR count). The highest BCUT2D eigenvalue weighted by molar-refractivity contribution is 5.56. The molecule has 3 aromatic rings. The lowest BCUT2D eigenvalue weighted by molar-refractivity contribution is 0.109. The van der Waals surface area contributed by atoms with Gasteiger partial charge >= 0.3 is 0 Å². The maximum Gasteiger partial charge on any atom is 0.231 e. The minimum Gasteiger partial charge on any atom is -0.480 e. The van der Waals surface area contributed by atoms with Gasteiger partial charge in [-0.15, -0.1) is 15.3 Å². The molecule has 9 nitrogen and oxygen atoms in total. The van der Waals surface area contributed by atoms with Crippen LogP contribution in [0.25, 0.3) is 5.65 Å². The molecule has 9 heteroatoms. The summed E-state index contributed by atoms with van der Waals surface area (Å²) in [6.07, 6.45) is 2.59. The Morgan fingerprint density at radius 2 is 2.10 bits per heavy atom. The highest BCUT2D eigenvalue weighted by Crippen LogP contribution is 2.31. The molecule has 29 heavy (non-hydrogen) atoms. The average Bonchev–Trinajstić information content (AvgIpc) is 3.21. The van der Waals surface area contributed by atoms with Crippen LogP contribution in [-0.4, -0.2) is 51.6 Å². The zero-order valence-electron chi connectivity index (χ0n) is 16.2. The Balaban J connectivity index is 1.38. The first kappa shape index (κ1) is 17.8. The summed E-state index contributed by atoms with van der Waals surface area (Å²) in [5.41, 5.74) is 3.41. The molecule has 5 heterocycles. The van der Waals surface area contributed by atoms with Gasteiger partial charge in [-0.2, -0.15) is 9.78 Å². The van der Waals surface area contributed by atoms with Gasteiger partial charge in [0.1, 0.15) is 11.9 Å². The largest absolute Gasteiger partial charge is 0.480 e. The van der Waals surface area contributed by atoms with Gasteiger partial charge in [-0.05, 0) is 25.0 Å². The number of ether oxygens (including phenoxy) is 2. The van der Waals surface area contributed by atoms with Gasteiger partial charge in [0, 0.05) is 37.1 Å². The molecule has 1 saturated heterocycles. The number of pyridine rings is 1. The van der Waals surface area contributed by atoms with E-state index < -0.39 is 0 Å². The third-order valence-corrected chi connectivity index (χ3v) is 5.66. The summed E-state index contributed by atoms with van der Waals surface area (Å²) in [6, 6.07) is 7.89. The zero-order valence-corrected chi connectivity index (χ0v) is 16.2. The number of rotatable bonds is 3. The number of nitriles is 1. The molecular formula is C20H21N7O2. The van der Waals surface area contributed by atoms with E-state index in [0.29, 0.717) is 30.3 Å². The van der Waals surface area contributed by atoms with Crippen molar-refractivity contribution in [2.75, 3.05) is 31.7 Å². The molecule has 0 bridgehead atoms. The topological polar surface area (TPSA) is 101 Å². The molecule has 148 valence electrons. The van der Waals surface area contributed by atoms with E-state index in [0.717, 1.165) is 55.3 Å². The van der Waals surface area contributed by atoms with Crippen molar-refractivity contribution in [2.24, 2.45) is 0 Å². The van der Waals surface area contributed by atoms with Crippen molar-refractivity contribution in [3.63, 3.8) is 0 Å². The molecule has 0 radical (unpaired) electrons. The lowest BCUT2D eigenvalue weighted by atomic mass is 9.95. The molecule has 0 aliphatic carbocycles. The standard InChI is InChI=1S/C20H21N7O2/c1-28-18-3-2-17-23-24-20(27(17)25-18)13-4-7-26(8-5-13)19-14(11-21)10-15-12-29-9-6-16(15)22-19/h2-3,10,13H,4-9,12H2,1H3. The van der Waals surface area contributed by atoms with Crippen LogP contribution < -0.4 is 9.64 Å². The van der Waals surface area contributed by atoms with E-state index in [-0.39, 0.29) is 5.92 Å². The molecule has 2 aliphatic heterocycles. The van der Waals surface area contributed by atoms with Crippen molar-refractivity contribution in [3.05, 3.63) is 40.8 Å². The van der Waals surface area contributed by atoms with Gasteiger partial charge in [-0.25, -0.2) is 4.98 Å². The maximum absolute atomic E-state index is 9.62. The fraction of sp³-hybridized carbons (Fsp3) is 0.450. The number of fused-ring (bicyclic) bond motifs is 2. The Hall–Kier alpha value is -3.25. The number of anilines is 1. The number of hydrogen-bond donors (Lipinski definition) is 0. The van der Waals surface area contributed by atoms with Gasteiger partial charge in [0.15, 0.2) is 11.5 Å². The van der Waals surface area contributed by atoms with Crippen LogP contribution in [0.1, 0.15) is 41.4 Å². The number of methoxy groups -OCH3 is 1. The molecule has 0 N–H and O–H groups in total. The first-order valence-corrected chi connectivity index (χ1v) is 9.78. The third-order valence-electron chi connectivity index (χ3n) is 5.66. The lowest BCUT2D eigenvalue weighted by Gasteiger charge is -2.33.